The third kappa shape index (κ3) is 3.50. The largest absolute Gasteiger partial charge is 0.319 e. The number of aromatic nitrogens is 4. The summed E-state index contributed by atoms with van der Waals surface area (Å²) in [5, 5.41) is 17.6. The van der Waals surface area contributed by atoms with Gasteiger partial charge < -0.3 is 5.32 Å². The number of carbonyl (C=O) groups is 1. The molecule has 0 fully saturated rings. The molecule has 0 saturated heterocycles. The van der Waals surface area contributed by atoms with Gasteiger partial charge in [0.15, 0.2) is 0 Å². The second-order valence-corrected chi connectivity index (χ2v) is 5.37. The SMILES string of the molecule is Cc1cc(C)n(-c2ncc(NC(=O)c3ccc([N+](=O)[O-])cc3)cn2)n1. The quantitative estimate of drug-likeness (QED) is 0.577. The summed E-state index contributed by atoms with van der Waals surface area (Å²) in [5.41, 5.74) is 2.40. The van der Waals surface area contributed by atoms with Crippen LogP contribution in [0.25, 0.3) is 5.95 Å². The predicted octanol–water partition coefficient (Wildman–Crippen LogP) is 2.44. The Labute approximate surface area is 142 Å². The van der Waals surface area contributed by atoms with Crippen LogP contribution in [0.3, 0.4) is 0 Å². The second kappa shape index (κ2) is 6.48. The zero-order valence-corrected chi connectivity index (χ0v) is 13.5. The van der Waals surface area contributed by atoms with Crippen LogP contribution in [0, 0.1) is 24.0 Å². The number of hydrogen-bond acceptors (Lipinski definition) is 6. The number of nitrogens with one attached hydrogen (secondary N) is 1. The van der Waals surface area contributed by atoms with E-state index in [1.807, 2.05) is 19.9 Å². The molecule has 3 aromatic rings. The molecule has 1 aromatic carbocycles. The maximum absolute atomic E-state index is 12.2. The van der Waals surface area contributed by atoms with Crippen LogP contribution in [0.5, 0.6) is 0 Å². The Hall–Kier alpha value is -3.62. The van der Waals surface area contributed by atoms with Crippen molar-refractivity contribution in [3.05, 3.63) is 69.8 Å². The molecule has 0 bridgehead atoms. The molecule has 2 aromatic heterocycles. The number of aryl methyl sites for hydroxylation is 2. The van der Waals surface area contributed by atoms with Gasteiger partial charge in [-0.05, 0) is 32.0 Å². The molecule has 0 radical (unpaired) electrons. The fourth-order valence-corrected chi connectivity index (χ4v) is 2.26. The molecule has 9 heteroatoms. The van der Waals surface area contributed by atoms with E-state index in [0.717, 1.165) is 11.4 Å². The number of benzene rings is 1. The van der Waals surface area contributed by atoms with Gasteiger partial charge >= 0.3 is 0 Å². The van der Waals surface area contributed by atoms with Gasteiger partial charge in [-0.1, -0.05) is 0 Å². The summed E-state index contributed by atoms with van der Waals surface area (Å²) in [5.74, 6) is -0.00343. The normalized spacial score (nSPS) is 10.5. The molecule has 126 valence electrons. The Balaban J connectivity index is 1.73. The number of carbonyl (C=O) groups excluding carboxylic acids is 1. The van der Waals surface area contributed by atoms with Crippen LogP contribution in [-0.4, -0.2) is 30.6 Å². The first-order valence-corrected chi connectivity index (χ1v) is 7.35. The van der Waals surface area contributed by atoms with Gasteiger partial charge in [-0.25, -0.2) is 14.6 Å². The van der Waals surface area contributed by atoms with Gasteiger partial charge in [0.1, 0.15) is 0 Å². The van der Waals surface area contributed by atoms with E-state index < -0.39 is 10.8 Å². The van der Waals surface area contributed by atoms with Crippen molar-refractivity contribution in [2.24, 2.45) is 0 Å². The lowest BCUT2D eigenvalue weighted by Crippen LogP contribution is -2.13. The fourth-order valence-electron chi connectivity index (χ4n) is 2.26. The molecule has 0 aliphatic carbocycles. The lowest BCUT2D eigenvalue weighted by atomic mass is 10.2. The third-order valence-corrected chi connectivity index (χ3v) is 3.44. The molecule has 9 nitrogen and oxygen atoms in total. The minimum atomic E-state index is -0.521. The van der Waals surface area contributed by atoms with Crippen LogP contribution in [0.4, 0.5) is 11.4 Å². The zero-order valence-electron chi connectivity index (χ0n) is 13.5. The monoisotopic (exact) mass is 338 g/mol. The number of amides is 1. The third-order valence-electron chi connectivity index (χ3n) is 3.44. The van der Waals surface area contributed by atoms with Crippen LogP contribution in [0.15, 0.2) is 42.7 Å². The second-order valence-electron chi connectivity index (χ2n) is 5.37. The molecule has 1 amide bonds. The van der Waals surface area contributed by atoms with Crippen LogP contribution in [-0.2, 0) is 0 Å². The molecule has 0 unspecified atom stereocenters. The Morgan fingerprint density at radius 1 is 1.16 bits per heavy atom. The number of rotatable bonds is 4. The number of nitro groups is 1. The summed E-state index contributed by atoms with van der Waals surface area (Å²) in [6.07, 6.45) is 2.95. The predicted molar refractivity (Wildman–Crippen MR) is 89.7 cm³/mol. The smallest absolute Gasteiger partial charge is 0.269 e. The molecular formula is C16H14N6O3. The molecule has 0 aliphatic rings. The molecule has 0 atom stereocenters. The number of hydrogen-bond donors (Lipinski definition) is 1. The van der Waals surface area contributed by atoms with Crippen molar-refractivity contribution in [3.8, 4) is 5.95 Å². The summed E-state index contributed by atoms with van der Waals surface area (Å²) in [4.78, 5) is 30.6. The molecule has 0 aliphatic heterocycles. The van der Waals surface area contributed by atoms with Crippen molar-refractivity contribution in [1.82, 2.24) is 19.7 Å². The molecule has 2 heterocycles. The average molecular weight is 338 g/mol. The van der Waals surface area contributed by atoms with Crippen LogP contribution in [0.2, 0.25) is 0 Å². The van der Waals surface area contributed by atoms with E-state index in [-0.39, 0.29) is 5.69 Å². The molecule has 1 N–H and O–H groups in total. The van der Waals surface area contributed by atoms with E-state index in [4.69, 9.17) is 0 Å². The van der Waals surface area contributed by atoms with Crippen LogP contribution >= 0.6 is 0 Å². The highest BCUT2D eigenvalue weighted by Crippen LogP contribution is 2.14. The highest BCUT2D eigenvalue weighted by atomic mass is 16.6. The van der Waals surface area contributed by atoms with E-state index in [9.17, 15) is 14.9 Å². The molecule has 0 saturated carbocycles. The Bertz CT molecular complexity index is 932. The first kappa shape index (κ1) is 16.2. The van der Waals surface area contributed by atoms with Crippen molar-refractivity contribution in [1.29, 1.82) is 0 Å². The lowest BCUT2D eigenvalue weighted by molar-refractivity contribution is -0.384. The minimum absolute atomic E-state index is 0.0749. The summed E-state index contributed by atoms with van der Waals surface area (Å²) in [6, 6.07) is 7.24. The van der Waals surface area contributed by atoms with Gasteiger partial charge in [0.2, 0.25) is 0 Å². The number of nitrogens with zero attached hydrogens (tertiary/aromatic N) is 5. The topological polar surface area (TPSA) is 116 Å². The number of nitro benzene ring substituents is 1. The van der Waals surface area contributed by atoms with E-state index >= 15 is 0 Å². The van der Waals surface area contributed by atoms with E-state index in [0.29, 0.717) is 17.2 Å². The summed E-state index contributed by atoms with van der Waals surface area (Å²) >= 11 is 0. The van der Waals surface area contributed by atoms with Gasteiger partial charge in [0, 0.05) is 23.4 Å². The highest BCUT2D eigenvalue weighted by Gasteiger charge is 2.11. The van der Waals surface area contributed by atoms with Crippen LogP contribution < -0.4 is 5.32 Å². The number of non-ortho nitro benzene ring substituents is 1. The van der Waals surface area contributed by atoms with Crippen molar-refractivity contribution >= 4 is 17.3 Å². The summed E-state index contributed by atoms with van der Waals surface area (Å²) in [7, 11) is 0. The molecule has 0 spiro atoms. The molecular weight excluding hydrogens is 324 g/mol. The molecule has 25 heavy (non-hydrogen) atoms. The Morgan fingerprint density at radius 3 is 2.32 bits per heavy atom. The van der Waals surface area contributed by atoms with E-state index in [1.165, 1.54) is 36.7 Å². The first-order chi connectivity index (χ1) is 11.9. The van der Waals surface area contributed by atoms with E-state index in [1.54, 1.807) is 4.68 Å². The Morgan fingerprint density at radius 2 is 1.80 bits per heavy atom. The van der Waals surface area contributed by atoms with Crippen molar-refractivity contribution in [2.45, 2.75) is 13.8 Å². The lowest BCUT2D eigenvalue weighted by Gasteiger charge is -2.06. The van der Waals surface area contributed by atoms with Gasteiger partial charge in [-0.15, -0.1) is 0 Å². The summed E-state index contributed by atoms with van der Waals surface area (Å²) in [6.45, 7) is 3.77. The van der Waals surface area contributed by atoms with Gasteiger partial charge in [-0.3, -0.25) is 14.9 Å². The zero-order chi connectivity index (χ0) is 18.0. The van der Waals surface area contributed by atoms with Crippen molar-refractivity contribution < 1.29 is 9.72 Å². The average Bonchev–Trinajstić information content (AvgIpc) is 2.94. The maximum atomic E-state index is 12.2. The first-order valence-electron chi connectivity index (χ1n) is 7.35. The highest BCUT2D eigenvalue weighted by molar-refractivity contribution is 6.04. The van der Waals surface area contributed by atoms with Crippen molar-refractivity contribution in [3.63, 3.8) is 0 Å². The Kier molecular flexibility index (Phi) is 4.21. The van der Waals surface area contributed by atoms with Crippen molar-refractivity contribution in [2.75, 3.05) is 5.32 Å². The van der Waals surface area contributed by atoms with E-state index in [2.05, 4.69) is 20.4 Å². The van der Waals surface area contributed by atoms with Gasteiger partial charge in [0.25, 0.3) is 17.5 Å². The van der Waals surface area contributed by atoms with Crippen LogP contribution in [0.1, 0.15) is 21.7 Å². The van der Waals surface area contributed by atoms with Gasteiger partial charge in [0.05, 0.1) is 28.7 Å². The maximum Gasteiger partial charge on any atom is 0.269 e. The fraction of sp³-hybridized carbons (Fsp3) is 0.125. The standard InChI is InChI=1S/C16H14N6O3/c1-10-7-11(2)21(20-10)16-17-8-13(9-18-16)19-15(23)12-3-5-14(6-4-12)22(24)25/h3-9H,1-2H3,(H,19,23). The number of anilines is 1. The molecule has 3 rings (SSSR count). The van der Waals surface area contributed by atoms with Gasteiger partial charge in [-0.2, -0.15) is 5.10 Å². The minimum Gasteiger partial charge on any atom is -0.319 e. The summed E-state index contributed by atoms with van der Waals surface area (Å²) < 4.78 is 1.61.